The van der Waals surface area contributed by atoms with Crippen LogP contribution in [0.1, 0.15) is 30.9 Å². The quantitative estimate of drug-likeness (QED) is 0.802. The smallest absolute Gasteiger partial charge is 0.123 e. The number of ether oxygens (including phenoxy) is 1. The number of aliphatic hydroxyl groups excluding tert-OH is 2. The Hall–Kier alpha value is -1.06. The summed E-state index contributed by atoms with van der Waals surface area (Å²) in [6, 6.07) is 6.05. The number of rotatable bonds is 5. The SMILES string of the molecule is Cc1ccc(C(C)C)c(OC[C@@H](O)CO)c1. The Bertz CT molecular complexity index is 334. The molecule has 16 heavy (non-hydrogen) atoms. The first kappa shape index (κ1) is 13.0. The second kappa shape index (κ2) is 5.87. The van der Waals surface area contributed by atoms with Crippen LogP contribution in [0.3, 0.4) is 0 Å². The Kier molecular flexibility index (Phi) is 4.77. The van der Waals surface area contributed by atoms with E-state index in [1.807, 2.05) is 25.1 Å². The van der Waals surface area contributed by atoms with E-state index in [0.29, 0.717) is 5.92 Å². The molecule has 1 rings (SSSR count). The van der Waals surface area contributed by atoms with Crippen molar-refractivity contribution in [2.75, 3.05) is 13.2 Å². The van der Waals surface area contributed by atoms with Crippen LogP contribution >= 0.6 is 0 Å². The molecule has 0 aromatic heterocycles. The van der Waals surface area contributed by atoms with Gasteiger partial charge in [-0.15, -0.1) is 0 Å². The van der Waals surface area contributed by atoms with E-state index in [2.05, 4.69) is 13.8 Å². The summed E-state index contributed by atoms with van der Waals surface area (Å²) in [6.45, 7) is 6.04. The predicted molar refractivity (Wildman–Crippen MR) is 63.9 cm³/mol. The Balaban J connectivity index is 2.80. The van der Waals surface area contributed by atoms with E-state index < -0.39 is 6.10 Å². The van der Waals surface area contributed by atoms with Gasteiger partial charge in [0.15, 0.2) is 0 Å². The lowest BCUT2D eigenvalue weighted by molar-refractivity contribution is 0.0532. The van der Waals surface area contributed by atoms with Gasteiger partial charge < -0.3 is 14.9 Å². The molecule has 0 aliphatic rings. The summed E-state index contributed by atoms with van der Waals surface area (Å²) in [6.07, 6.45) is -0.819. The number of benzene rings is 1. The van der Waals surface area contributed by atoms with Crippen molar-refractivity contribution >= 4 is 0 Å². The van der Waals surface area contributed by atoms with Crippen molar-refractivity contribution in [3.8, 4) is 5.75 Å². The second-order valence-corrected chi connectivity index (χ2v) is 4.34. The lowest BCUT2D eigenvalue weighted by Gasteiger charge is -2.16. The van der Waals surface area contributed by atoms with Crippen LogP contribution in [-0.2, 0) is 0 Å². The van der Waals surface area contributed by atoms with E-state index >= 15 is 0 Å². The molecule has 0 saturated heterocycles. The van der Waals surface area contributed by atoms with E-state index in [4.69, 9.17) is 9.84 Å². The molecule has 0 radical (unpaired) electrons. The standard InChI is InChI=1S/C13H20O3/c1-9(2)12-5-4-10(3)6-13(12)16-8-11(15)7-14/h4-6,9,11,14-15H,7-8H2,1-3H3/t11-/m0/s1. The first-order chi connectivity index (χ1) is 7.54. The maximum absolute atomic E-state index is 9.24. The number of hydrogen-bond acceptors (Lipinski definition) is 3. The van der Waals surface area contributed by atoms with Gasteiger partial charge in [-0.1, -0.05) is 26.0 Å². The largest absolute Gasteiger partial charge is 0.490 e. The highest BCUT2D eigenvalue weighted by atomic mass is 16.5. The summed E-state index contributed by atoms with van der Waals surface area (Å²) in [5, 5.41) is 18.0. The molecule has 0 amide bonds. The first-order valence-corrected chi connectivity index (χ1v) is 5.57. The minimum Gasteiger partial charge on any atom is -0.490 e. The Morgan fingerprint density at radius 2 is 2.00 bits per heavy atom. The van der Waals surface area contributed by atoms with Gasteiger partial charge in [-0.2, -0.15) is 0 Å². The summed E-state index contributed by atoms with van der Waals surface area (Å²) in [5.74, 6) is 1.17. The van der Waals surface area contributed by atoms with E-state index in [1.165, 1.54) is 0 Å². The molecule has 0 unspecified atom stereocenters. The average molecular weight is 224 g/mol. The molecule has 0 fully saturated rings. The third kappa shape index (κ3) is 3.51. The zero-order valence-corrected chi connectivity index (χ0v) is 10.1. The zero-order chi connectivity index (χ0) is 12.1. The van der Waals surface area contributed by atoms with Crippen molar-refractivity contribution in [2.24, 2.45) is 0 Å². The molecule has 1 aromatic carbocycles. The molecule has 1 atom stereocenters. The van der Waals surface area contributed by atoms with E-state index in [0.717, 1.165) is 16.9 Å². The first-order valence-electron chi connectivity index (χ1n) is 5.57. The monoisotopic (exact) mass is 224 g/mol. The minimum atomic E-state index is -0.819. The van der Waals surface area contributed by atoms with Gasteiger partial charge in [0.05, 0.1) is 6.61 Å². The Labute approximate surface area is 96.7 Å². The normalized spacial score (nSPS) is 12.9. The van der Waals surface area contributed by atoms with E-state index in [-0.39, 0.29) is 13.2 Å². The molecular formula is C13H20O3. The summed E-state index contributed by atoms with van der Waals surface area (Å²) in [4.78, 5) is 0. The van der Waals surface area contributed by atoms with Crippen molar-refractivity contribution in [3.63, 3.8) is 0 Å². The highest BCUT2D eigenvalue weighted by Gasteiger charge is 2.10. The topological polar surface area (TPSA) is 49.7 Å². The highest BCUT2D eigenvalue weighted by Crippen LogP contribution is 2.27. The van der Waals surface area contributed by atoms with Gasteiger partial charge in [-0.25, -0.2) is 0 Å². The molecule has 0 spiro atoms. The molecule has 0 heterocycles. The zero-order valence-electron chi connectivity index (χ0n) is 10.1. The van der Waals surface area contributed by atoms with Crippen LogP contribution in [0.15, 0.2) is 18.2 Å². The molecule has 0 bridgehead atoms. The van der Waals surface area contributed by atoms with Crippen molar-refractivity contribution in [3.05, 3.63) is 29.3 Å². The van der Waals surface area contributed by atoms with E-state index in [9.17, 15) is 5.11 Å². The number of aliphatic hydroxyl groups is 2. The second-order valence-electron chi connectivity index (χ2n) is 4.34. The van der Waals surface area contributed by atoms with Gasteiger partial charge in [0.25, 0.3) is 0 Å². The van der Waals surface area contributed by atoms with Crippen molar-refractivity contribution in [2.45, 2.75) is 32.8 Å². The molecule has 3 heteroatoms. The van der Waals surface area contributed by atoms with Crippen LogP contribution < -0.4 is 4.74 Å². The number of hydrogen-bond donors (Lipinski definition) is 2. The van der Waals surface area contributed by atoms with Gasteiger partial charge in [0.1, 0.15) is 18.5 Å². The molecule has 90 valence electrons. The summed E-state index contributed by atoms with van der Waals surface area (Å²) >= 11 is 0. The molecule has 0 saturated carbocycles. The fourth-order valence-electron chi connectivity index (χ4n) is 1.48. The third-order valence-corrected chi connectivity index (χ3v) is 2.43. The van der Waals surface area contributed by atoms with Crippen LogP contribution in [0.2, 0.25) is 0 Å². The lowest BCUT2D eigenvalue weighted by atomic mass is 10.0. The lowest BCUT2D eigenvalue weighted by Crippen LogP contribution is -2.21. The summed E-state index contributed by atoms with van der Waals surface area (Å²) in [7, 11) is 0. The molecule has 1 aromatic rings. The number of aryl methyl sites for hydroxylation is 1. The van der Waals surface area contributed by atoms with Gasteiger partial charge in [-0.05, 0) is 30.0 Å². The maximum Gasteiger partial charge on any atom is 0.123 e. The highest BCUT2D eigenvalue weighted by molar-refractivity contribution is 5.39. The van der Waals surface area contributed by atoms with Crippen LogP contribution in [0.4, 0.5) is 0 Å². The molecule has 3 nitrogen and oxygen atoms in total. The van der Waals surface area contributed by atoms with Crippen LogP contribution in [-0.4, -0.2) is 29.5 Å². The predicted octanol–water partition coefficient (Wildman–Crippen LogP) is 1.85. The average Bonchev–Trinajstić information content (AvgIpc) is 2.25. The minimum absolute atomic E-state index is 0.125. The van der Waals surface area contributed by atoms with Crippen LogP contribution in [0.25, 0.3) is 0 Å². The van der Waals surface area contributed by atoms with Gasteiger partial charge in [0.2, 0.25) is 0 Å². The van der Waals surface area contributed by atoms with Crippen LogP contribution in [0.5, 0.6) is 5.75 Å². The Morgan fingerprint density at radius 3 is 2.56 bits per heavy atom. The van der Waals surface area contributed by atoms with Crippen LogP contribution in [0, 0.1) is 6.92 Å². The summed E-state index contributed by atoms with van der Waals surface area (Å²) < 4.78 is 5.52. The molecule has 0 aliphatic carbocycles. The van der Waals surface area contributed by atoms with E-state index in [1.54, 1.807) is 0 Å². The summed E-state index contributed by atoms with van der Waals surface area (Å²) in [5.41, 5.74) is 2.24. The van der Waals surface area contributed by atoms with Crippen molar-refractivity contribution < 1.29 is 14.9 Å². The molecule has 0 aliphatic heterocycles. The fraction of sp³-hybridized carbons (Fsp3) is 0.538. The molecular weight excluding hydrogens is 204 g/mol. The fourth-order valence-corrected chi connectivity index (χ4v) is 1.48. The van der Waals surface area contributed by atoms with Crippen molar-refractivity contribution in [1.29, 1.82) is 0 Å². The van der Waals surface area contributed by atoms with Gasteiger partial charge in [-0.3, -0.25) is 0 Å². The third-order valence-electron chi connectivity index (χ3n) is 2.43. The van der Waals surface area contributed by atoms with Gasteiger partial charge in [0, 0.05) is 0 Å². The maximum atomic E-state index is 9.24. The van der Waals surface area contributed by atoms with Gasteiger partial charge >= 0.3 is 0 Å². The molecule has 2 N–H and O–H groups in total. The van der Waals surface area contributed by atoms with Crippen molar-refractivity contribution in [1.82, 2.24) is 0 Å². The Morgan fingerprint density at radius 1 is 1.31 bits per heavy atom.